The topological polar surface area (TPSA) is 114 Å². The lowest BCUT2D eigenvalue weighted by molar-refractivity contribution is -0.128. The largest absolute Gasteiger partial charge is 0.504 e. The smallest absolute Gasteiger partial charge is 0.276 e. The van der Waals surface area contributed by atoms with Crippen molar-refractivity contribution in [2.45, 2.75) is 39.8 Å². The Labute approximate surface area is 278 Å². The molecule has 1 fully saturated rings. The first-order chi connectivity index (χ1) is 21.7. The van der Waals surface area contributed by atoms with Crippen molar-refractivity contribution in [3.63, 3.8) is 0 Å². The normalized spacial score (nSPS) is 18.3. The molecule has 0 aliphatic carbocycles. The van der Waals surface area contributed by atoms with E-state index in [-0.39, 0.29) is 65.1 Å². The molecule has 0 spiro atoms. The number of halogens is 5. The molecule has 2 aromatic heterocycles. The fraction of sp³-hybridized carbons (Fsp3) is 0.312. The number of benzene rings is 1. The Hall–Kier alpha value is -4.11. The van der Waals surface area contributed by atoms with E-state index in [4.69, 9.17) is 34.8 Å². The zero-order valence-corrected chi connectivity index (χ0v) is 27.5. The van der Waals surface area contributed by atoms with Crippen molar-refractivity contribution in [1.82, 2.24) is 19.8 Å². The molecule has 1 saturated heterocycles. The summed E-state index contributed by atoms with van der Waals surface area (Å²) in [6.45, 7) is 11.9. The Bertz CT molecular complexity index is 1960. The van der Waals surface area contributed by atoms with Crippen molar-refractivity contribution in [3.8, 4) is 23.1 Å². The van der Waals surface area contributed by atoms with Crippen LogP contribution < -0.4 is 15.8 Å². The van der Waals surface area contributed by atoms with Crippen molar-refractivity contribution in [2.24, 2.45) is 5.92 Å². The number of fused-ring (bicyclic) bond motifs is 1. The van der Waals surface area contributed by atoms with E-state index in [1.54, 1.807) is 17.2 Å². The van der Waals surface area contributed by atoms with Crippen LogP contribution in [0.25, 0.3) is 28.0 Å². The lowest BCUT2D eigenvalue weighted by Crippen LogP contribution is -2.54. The van der Waals surface area contributed by atoms with Gasteiger partial charge in [-0.15, -0.1) is 0 Å². The predicted octanol–water partition coefficient (Wildman–Crippen LogP) is 6.47. The van der Waals surface area contributed by atoms with Crippen LogP contribution in [0.15, 0.2) is 41.4 Å². The summed E-state index contributed by atoms with van der Waals surface area (Å²) in [5.41, 5.74) is -0.127. The van der Waals surface area contributed by atoms with Gasteiger partial charge in [0.1, 0.15) is 17.3 Å². The number of phenols is 1. The molecule has 2 atom stereocenters. The second-order valence-corrected chi connectivity index (χ2v) is 12.6. The van der Waals surface area contributed by atoms with Crippen molar-refractivity contribution in [2.75, 3.05) is 24.5 Å². The number of nitrogens with one attached hydrogen (secondary N) is 1. The maximum absolute atomic E-state index is 14.8. The summed E-state index contributed by atoms with van der Waals surface area (Å²) in [4.78, 5) is 35.1. The third-order valence-corrected chi connectivity index (χ3v) is 9.40. The molecule has 240 valence electrons. The minimum absolute atomic E-state index is 0.0177. The molecule has 1 unspecified atom stereocenters. The Morgan fingerprint density at radius 1 is 1.24 bits per heavy atom. The lowest BCUT2D eigenvalue weighted by atomic mass is 9.94. The Morgan fingerprint density at radius 2 is 1.93 bits per heavy atom. The fourth-order valence-corrected chi connectivity index (χ4v) is 6.73. The average molecular weight is 690 g/mol. The molecule has 1 aromatic carbocycles. The highest BCUT2D eigenvalue weighted by Gasteiger charge is 2.34. The summed E-state index contributed by atoms with van der Waals surface area (Å²) in [7, 11) is 0. The van der Waals surface area contributed by atoms with Crippen molar-refractivity contribution in [1.29, 1.82) is 5.26 Å². The van der Waals surface area contributed by atoms with Crippen LogP contribution in [0.1, 0.15) is 33.3 Å². The average Bonchev–Trinajstić information content (AvgIpc) is 3.02. The number of nitriles is 1. The van der Waals surface area contributed by atoms with E-state index < -0.39 is 44.6 Å². The Morgan fingerprint density at radius 3 is 2.54 bits per heavy atom. The second-order valence-electron chi connectivity index (χ2n) is 11.5. The number of carbonyl (C=O) groups excluding carboxylic acids is 1. The van der Waals surface area contributed by atoms with Crippen molar-refractivity contribution < 1.29 is 18.7 Å². The quantitative estimate of drug-likeness (QED) is 0.179. The van der Waals surface area contributed by atoms with E-state index in [9.17, 15) is 28.7 Å². The van der Waals surface area contributed by atoms with E-state index in [0.29, 0.717) is 16.7 Å². The first-order valence-electron chi connectivity index (χ1n) is 14.3. The van der Waals surface area contributed by atoms with Gasteiger partial charge in [-0.3, -0.25) is 14.2 Å². The van der Waals surface area contributed by atoms with Gasteiger partial charge in [-0.05, 0) is 49.8 Å². The van der Waals surface area contributed by atoms with Crippen LogP contribution >= 0.6 is 34.8 Å². The third-order valence-electron chi connectivity index (χ3n) is 8.28. The number of allylic oxidation sites excluding steroid dienone is 2. The lowest BCUT2D eigenvalue weighted by Gasteiger charge is -2.41. The van der Waals surface area contributed by atoms with Crippen molar-refractivity contribution >= 4 is 63.1 Å². The molecule has 0 radical (unpaired) electrons. The number of piperazine rings is 1. The maximum atomic E-state index is 14.8. The number of pyridine rings is 2. The molecule has 2 N–H and O–H groups in total. The Balaban J connectivity index is 1.91. The number of hydrogen-bond donors (Lipinski definition) is 2. The third kappa shape index (κ3) is 5.28. The zero-order chi connectivity index (χ0) is 33.8. The second kappa shape index (κ2) is 12.6. The highest BCUT2D eigenvalue weighted by molar-refractivity contribution is 6.44. The van der Waals surface area contributed by atoms with Crippen LogP contribution in [0.5, 0.6) is 5.75 Å². The summed E-state index contributed by atoms with van der Waals surface area (Å²) in [5, 5.41) is 23.2. The molecule has 4 heterocycles. The standard InChI is InChI=1S/C32H29Cl3F2N6O3/c1-6-20(44)42-10-9-41(13-16(42)5)29-17-11-19(33)27(21-22(34)23(35)24(36)25(37)30(21)45)40-31(17)43(32(46)18(29)12-38)28-15(4)7-8-39-26(28)14(2)3/h6-8,11,14,16,26,39,45H,1,9-10,13H2,2-5H3/t16-,26?/m1/s1. The molecule has 5 rings (SSSR count). The number of dihydropyridines is 1. The molecule has 0 bridgehead atoms. The number of nitrogens with zero attached hydrogens (tertiary/aromatic N) is 5. The van der Waals surface area contributed by atoms with E-state index in [0.717, 1.165) is 0 Å². The van der Waals surface area contributed by atoms with Crippen molar-refractivity contribution in [3.05, 3.63) is 79.2 Å². The molecule has 46 heavy (non-hydrogen) atoms. The van der Waals surface area contributed by atoms with Crippen LogP contribution in [-0.4, -0.2) is 57.2 Å². The van der Waals surface area contributed by atoms with Gasteiger partial charge in [0.05, 0.1) is 43.8 Å². The fourth-order valence-electron chi connectivity index (χ4n) is 6.05. The first-order valence-corrected chi connectivity index (χ1v) is 15.4. The molecule has 2 aliphatic rings. The number of amides is 1. The van der Waals surface area contributed by atoms with Gasteiger partial charge in [-0.25, -0.2) is 9.37 Å². The van der Waals surface area contributed by atoms with Gasteiger partial charge in [0, 0.05) is 31.1 Å². The molecule has 0 saturated carbocycles. The molecule has 3 aromatic rings. The zero-order valence-electron chi connectivity index (χ0n) is 25.3. The van der Waals surface area contributed by atoms with E-state index >= 15 is 0 Å². The van der Waals surface area contributed by atoms with Gasteiger partial charge < -0.3 is 20.2 Å². The summed E-state index contributed by atoms with van der Waals surface area (Å²) >= 11 is 19.0. The van der Waals surface area contributed by atoms with E-state index in [1.807, 2.05) is 32.6 Å². The number of aromatic hydroxyl groups is 1. The minimum atomic E-state index is -1.65. The van der Waals surface area contributed by atoms with Crippen LogP contribution in [0.4, 0.5) is 14.5 Å². The molecule has 9 nitrogen and oxygen atoms in total. The number of rotatable bonds is 5. The van der Waals surface area contributed by atoms with Gasteiger partial charge in [0.2, 0.25) is 11.7 Å². The van der Waals surface area contributed by atoms with E-state index in [1.165, 1.54) is 16.7 Å². The van der Waals surface area contributed by atoms with Gasteiger partial charge in [0.25, 0.3) is 5.56 Å². The molecule has 1 amide bonds. The highest BCUT2D eigenvalue weighted by atomic mass is 35.5. The maximum Gasteiger partial charge on any atom is 0.276 e. The number of hydrogen-bond acceptors (Lipinski definition) is 7. The van der Waals surface area contributed by atoms with Crippen LogP contribution in [0.3, 0.4) is 0 Å². The van der Waals surface area contributed by atoms with Gasteiger partial charge in [0.15, 0.2) is 11.6 Å². The minimum Gasteiger partial charge on any atom is -0.504 e. The predicted molar refractivity (Wildman–Crippen MR) is 176 cm³/mol. The monoisotopic (exact) mass is 688 g/mol. The summed E-state index contributed by atoms with van der Waals surface area (Å²) in [6, 6.07) is 2.82. The Kier molecular flexibility index (Phi) is 9.10. The summed E-state index contributed by atoms with van der Waals surface area (Å²) < 4.78 is 30.4. The molecule has 14 heteroatoms. The van der Waals surface area contributed by atoms with Gasteiger partial charge >= 0.3 is 0 Å². The summed E-state index contributed by atoms with van der Waals surface area (Å²) in [5.74, 6) is -4.65. The molecular formula is C32H29Cl3F2N6O3. The molecular weight excluding hydrogens is 661 g/mol. The first kappa shape index (κ1) is 33.3. The number of anilines is 1. The van der Waals surface area contributed by atoms with Gasteiger partial charge in [-0.2, -0.15) is 9.65 Å². The SMILES string of the molecule is C=CC(=O)N1CCN(c2c(C#N)c(=O)n(C3=C(C)C=CNC3C(C)C)c3nc(-c4c(O)c(F)c(F)c(Cl)c4Cl)c(Cl)cc23)C[C@H]1C. The van der Waals surface area contributed by atoms with Crippen LogP contribution in [-0.2, 0) is 4.79 Å². The summed E-state index contributed by atoms with van der Waals surface area (Å²) in [6.07, 6.45) is 4.77. The van der Waals surface area contributed by atoms with Crippen LogP contribution in [0.2, 0.25) is 15.1 Å². The number of phenolic OH excluding ortho intramolecular Hbond substituents is 1. The van der Waals surface area contributed by atoms with E-state index in [2.05, 4.69) is 22.9 Å². The highest BCUT2D eigenvalue weighted by Crippen LogP contribution is 2.46. The number of carbonyl (C=O) groups is 1. The van der Waals surface area contributed by atoms with Crippen LogP contribution in [0, 0.1) is 28.9 Å². The number of aromatic nitrogens is 2. The van der Waals surface area contributed by atoms with Gasteiger partial charge in [-0.1, -0.05) is 55.2 Å². The molecule has 2 aliphatic heterocycles.